The largest absolute Gasteiger partial charge is 0.466 e. The molecule has 3 nitrogen and oxygen atoms in total. The van der Waals surface area contributed by atoms with Crippen LogP contribution >= 0.6 is 0 Å². The third-order valence-electron chi connectivity index (χ3n) is 1.49. The van der Waals surface area contributed by atoms with Crippen LogP contribution in [0.5, 0.6) is 0 Å². The molecule has 1 atom stereocenters. The number of rotatable bonds is 2. The van der Waals surface area contributed by atoms with Crippen LogP contribution in [0.1, 0.15) is 23.8 Å². The maximum atomic E-state index is 9.27. The van der Waals surface area contributed by atoms with E-state index in [0.29, 0.717) is 5.76 Å². The fourth-order valence-corrected chi connectivity index (χ4v) is 0.905. The van der Waals surface area contributed by atoms with E-state index in [0.717, 1.165) is 5.56 Å². The van der Waals surface area contributed by atoms with Gasteiger partial charge in [-0.05, 0) is 18.6 Å². The van der Waals surface area contributed by atoms with Crippen LogP contribution in [0.2, 0.25) is 0 Å². The summed E-state index contributed by atoms with van der Waals surface area (Å²) in [5, 5.41) is 17.5. The molecule has 0 aliphatic rings. The second-order valence-electron chi connectivity index (χ2n) is 2.35. The van der Waals surface area contributed by atoms with Crippen LogP contribution in [0, 0.1) is 18.3 Å². The summed E-state index contributed by atoms with van der Waals surface area (Å²) in [6.07, 6.45) is 0.801. The molecule has 0 aliphatic heterocycles. The molecule has 1 aromatic heterocycles. The molecule has 1 rings (SSSR count). The summed E-state index contributed by atoms with van der Waals surface area (Å²) in [5.74, 6) is 0.492. The molecule has 58 valence electrons. The van der Waals surface area contributed by atoms with E-state index in [1.54, 1.807) is 6.07 Å². The van der Waals surface area contributed by atoms with E-state index in [1.165, 1.54) is 6.26 Å². The molecule has 0 saturated carbocycles. The normalized spacial score (nSPS) is 12.5. The molecule has 1 N–H and O–H groups in total. The van der Waals surface area contributed by atoms with Gasteiger partial charge in [-0.15, -0.1) is 0 Å². The van der Waals surface area contributed by atoms with E-state index in [9.17, 15) is 5.11 Å². The Hall–Kier alpha value is -1.27. The first kappa shape index (κ1) is 7.83. The van der Waals surface area contributed by atoms with Crippen LogP contribution in [0.25, 0.3) is 0 Å². The van der Waals surface area contributed by atoms with Crippen LogP contribution in [-0.4, -0.2) is 5.11 Å². The second kappa shape index (κ2) is 3.22. The lowest BCUT2D eigenvalue weighted by Gasteiger charge is -2.02. The molecule has 0 aliphatic carbocycles. The van der Waals surface area contributed by atoms with E-state index < -0.39 is 6.10 Å². The Morgan fingerprint density at radius 1 is 1.82 bits per heavy atom. The average Bonchev–Trinajstić information content (AvgIpc) is 2.36. The van der Waals surface area contributed by atoms with Gasteiger partial charge in [-0.3, -0.25) is 0 Å². The van der Waals surface area contributed by atoms with Gasteiger partial charge < -0.3 is 9.52 Å². The van der Waals surface area contributed by atoms with Crippen LogP contribution in [0.4, 0.5) is 0 Å². The first-order valence-corrected chi connectivity index (χ1v) is 3.34. The number of nitrogens with zero attached hydrogens (tertiary/aromatic N) is 1. The summed E-state index contributed by atoms with van der Waals surface area (Å²) in [6.45, 7) is 1.83. The Balaban J connectivity index is 2.77. The highest BCUT2D eigenvalue weighted by Crippen LogP contribution is 2.20. The summed E-state index contributed by atoms with van der Waals surface area (Å²) in [5.41, 5.74) is 0.882. The summed E-state index contributed by atoms with van der Waals surface area (Å²) in [4.78, 5) is 0. The first-order valence-electron chi connectivity index (χ1n) is 3.34. The van der Waals surface area contributed by atoms with Crippen LogP contribution < -0.4 is 0 Å². The SMILES string of the molecule is Cc1ccoc1C(O)CC#N. The monoisotopic (exact) mass is 151 g/mol. The minimum absolute atomic E-state index is 0.0777. The van der Waals surface area contributed by atoms with E-state index >= 15 is 0 Å². The highest BCUT2D eigenvalue weighted by molar-refractivity contribution is 5.17. The van der Waals surface area contributed by atoms with Crippen molar-refractivity contribution in [2.75, 3.05) is 0 Å². The van der Waals surface area contributed by atoms with Crippen molar-refractivity contribution in [3.63, 3.8) is 0 Å². The molecule has 0 aromatic carbocycles. The van der Waals surface area contributed by atoms with E-state index in [2.05, 4.69) is 0 Å². The summed E-state index contributed by atoms with van der Waals surface area (Å²) in [7, 11) is 0. The van der Waals surface area contributed by atoms with Gasteiger partial charge >= 0.3 is 0 Å². The van der Waals surface area contributed by atoms with Gasteiger partial charge in [-0.2, -0.15) is 5.26 Å². The number of aliphatic hydroxyl groups is 1. The van der Waals surface area contributed by atoms with E-state index in [1.807, 2.05) is 13.0 Å². The Morgan fingerprint density at radius 3 is 3.00 bits per heavy atom. The molecule has 0 bridgehead atoms. The lowest BCUT2D eigenvalue weighted by atomic mass is 10.1. The standard InChI is InChI=1S/C8H9NO2/c1-6-3-5-11-8(6)7(10)2-4-9/h3,5,7,10H,2H2,1H3. The van der Waals surface area contributed by atoms with Gasteiger partial charge in [0.25, 0.3) is 0 Å². The van der Waals surface area contributed by atoms with Crippen molar-refractivity contribution < 1.29 is 9.52 Å². The third kappa shape index (κ3) is 1.60. The highest BCUT2D eigenvalue weighted by Gasteiger charge is 2.12. The predicted octanol–water partition coefficient (Wildman–Crippen LogP) is 1.54. The number of furan rings is 1. The zero-order chi connectivity index (χ0) is 8.27. The average molecular weight is 151 g/mol. The van der Waals surface area contributed by atoms with Gasteiger partial charge in [0.15, 0.2) is 0 Å². The Morgan fingerprint density at radius 2 is 2.55 bits per heavy atom. The molecule has 0 spiro atoms. The van der Waals surface area contributed by atoms with Crippen LogP contribution in [0.15, 0.2) is 16.7 Å². The predicted molar refractivity (Wildman–Crippen MR) is 38.6 cm³/mol. The fraction of sp³-hybridized carbons (Fsp3) is 0.375. The molecule has 0 saturated heterocycles. The number of aliphatic hydroxyl groups excluding tert-OH is 1. The van der Waals surface area contributed by atoms with Crippen molar-refractivity contribution in [2.24, 2.45) is 0 Å². The van der Waals surface area contributed by atoms with Crippen LogP contribution in [-0.2, 0) is 0 Å². The zero-order valence-corrected chi connectivity index (χ0v) is 6.24. The van der Waals surface area contributed by atoms with Gasteiger partial charge in [0.2, 0.25) is 0 Å². The number of hydrogen-bond donors (Lipinski definition) is 1. The van der Waals surface area contributed by atoms with Gasteiger partial charge in [0, 0.05) is 0 Å². The van der Waals surface area contributed by atoms with Gasteiger partial charge in [0.1, 0.15) is 11.9 Å². The summed E-state index contributed by atoms with van der Waals surface area (Å²) >= 11 is 0. The molecule has 11 heavy (non-hydrogen) atoms. The number of nitriles is 1. The van der Waals surface area contributed by atoms with Crippen molar-refractivity contribution in [2.45, 2.75) is 19.4 Å². The molecule has 0 radical (unpaired) electrons. The Labute approximate surface area is 64.9 Å². The van der Waals surface area contributed by atoms with Gasteiger partial charge in [-0.1, -0.05) is 0 Å². The molecule has 1 unspecified atom stereocenters. The summed E-state index contributed by atoms with van der Waals surface area (Å²) in [6, 6.07) is 3.63. The van der Waals surface area contributed by atoms with Crippen LogP contribution in [0.3, 0.4) is 0 Å². The van der Waals surface area contributed by atoms with Crippen molar-refractivity contribution >= 4 is 0 Å². The Bertz CT molecular complexity index is 272. The van der Waals surface area contributed by atoms with Gasteiger partial charge in [0.05, 0.1) is 18.8 Å². The van der Waals surface area contributed by atoms with Crippen molar-refractivity contribution in [3.05, 3.63) is 23.7 Å². The van der Waals surface area contributed by atoms with Crippen molar-refractivity contribution in [3.8, 4) is 6.07 Å². The molecule has 3 heteroatoms. The van der Waals surface area contributed by atoms with Gasteiger partial charge in [-0.25, -0.2) is 0 Å². The maximum Gasteiger partial charge on any atom is 0.136 e. The highest BCUT2D eigenvalue weighted by atomic mass is 16.4. The molecular formula is C8H9NO2. The van der Waals surface area contributed by atoms with E-state index in [4.69, 9.17) is 9.68 Å². The third-order valence-corrected chi connectivity index (χ3v) is 1.49. The molecule has 0 amide bonds. The minimum atomic E-state index is -0.782. The number of aryl methyl sites for hydroxylation is 1. The second-order valence-corrected chi connectivity index (χ2v) is 2.35. The topological polar surface area (TPSA) is 57.2 Å². The maximum absolute atomic E-state index is 9.27. The quantitative estimate of drug-likeness (QED) is 0.697. The fourth-order valence-electron chi connectivity index (χ4n) is 0.905. The number of hydrogen-bond acceptors (Lipinski definition) is 3. The zero-order valence-electron chi connectivity index (χ0n) is 6.24. The molecule has 1 heterocycles. The lowest BCUT2D eigenvalue weighted by Crippen LogP contribution is -1.95. The molecular weight excluding hydrogens is 142 g/mol. The van der Waals surface area contributed by atoms with E-state index in [-0.39, 0.29) is 6.42 Å². The molecule has 1 aromatic rings. The molecule has 0 fully saturated rings. The smallest absolute Gasteiger partial charge is 0.136 e. The Kier molecular flexibility index (Phi) is 2.29. The first-order chi connectivity index (χ1) is 5.25. The van der Waals surface area contributed by atoms with Crippen molar-refractivity contribution in [1.29, 1.82) is 5.26 Å². The minimum Gasteiger partial charge on any atom is -0.466 e. The summed E-state index contributed by atoms with van der Waals surface area (Å²) < 4.78 is 4.98. The van der Waals surface area contributed by atoms with Crippen molar-refractivity contribution in [1.82, 2.24) is 0 Å². The lowest BCUT2D eigenvalue weighted by molar-refractivity contribution is 0.154.